The zero-order valence-corrected chi connectivity index (χ0v) is 12.8. The number of ether oxygens (including phenoxy) is 1. The van der Waals surface area contributed by atoms with E-state index in [0.717, 1.165) is 16.8 Å². The Bertz CT molecular complexity index is 542. The number of likely N-dealkylation sites (tertiary alicyclic amines) is 1. The van der Waals surface area contributed by atoms with Gasteiger partial charge >= 0.3 is 0 Å². The Labute approximate surface area is 125 Å². The molecule has 1 fully saturated rings. The Morgan fingerprint density at radius 2 is 2.19 bits per heavy atom. The molecule has 1 atom stereocenters. The van der Waals surface area contributed by atoms with Crippen LogP contribution in [0.25, 0.3) is 0 Å². The lowest BCUT2D eigenvalue weighted by atomic mass is 10.1. The second kappa shape index (κ2) is 6.72. The molecule has 1 aliphatic rings. The molecule has 2 amide bonds. The molecule has 0 aliphatic carbocycles. The van der Waals surface area contributed by atoms with Crippen molar-refractivity contribution >= 4 is 17.5 Å². The van der Waals surface area contributed by atoms with E-state index in [1.165, 1.54) is 0 Å². The molecule has 1 aliphatic heterocycles. The van der Waals surface area contributed by atoms with E-state index in [9.17, 15) is 9.59 Å². The third kappa shape index (κ3) is 3.82. The predicted molar refractivity (Wildman–Crippen MR) is 81.1 cm³/mol. The first kappa shape index (κ1) is 15.5. The van der Waals surface area contributed by atoms with E-state index in [2.05, 4.69) is 5.32 Å². The van der Waals surface area contributed by atoms with Crippen LogP contribution in [0.1, 0.15) is 17.5 Å². The van der Waals surface area contributed by atoms with Gasteiger partial charge in [-0.25, -0.2) is 0 Å². The van der Waals surface area contributed by atoms with E-state index in [1.807, 2.05) is 32.0 Å². The first-order chi connectivity index (χ1) is 10.0. The number of anilines is 1. The van der Waals surface area contributed by atoms with Gasteiger partial charge in [0.05, 0.1) is 12.5 Å². The Morgan fingerprint density at radius 1 is 1.43 bits per heavy atom. The van der Waals surface area contributed by atoms with Crippen LogP contribution in [-0.2, 0) is 14.3 Å². The first-order valence-electron chi connectivity index (χ1n) is 7.16. The highest BCUT2D eigenvalue weighted by molar-refractivity contribution is 5.97. The van der Waals surface area contributed by atoms with Crippen molar-refractivity contribution in [2.24, 2.45) is 5.92 Å². The fraction of sp³-hybridized carbons (Fsp3) is 0.500. The number of methoxy groups -OCH3 is 1. The van der Waals surface area contributed by atoms with Crippen molar-refractivity contribution in [2.45, 2.75) is 20.3 Å². The summed E-state index contributed by atoms with van der Waals surface area (Å²) in [5, 5.41) is 2.94. The monoisotopic (exact) mass is 290 g/mol. The average molecular weight is 290 g/mol. The van der Waals surface area contributed by atoms with E-state index in [1.54, 1.807) is 12.0 Å². The van der Waals surface area contributed by atoms with Gasteiger partial charge in [-0.1, -0.05) is 12.1 Å². The molecule has 114 valence electrons. The summed E-state index contributed by atoms with van der Waals surface area (Å²) in [6.07, 6.45) is 0.278. The van der Waals surface area contributed by atoms with Crippen LogP contribution in [0.3, 0.4) is 0 Å². The van der Waals surface area contributed by atoms with Crippen molar-refractivity contribution in [3.05, 3.63) is 29.3 Å². The molecule has 0 saturated carbocycles. The number of nitrogens with zero attached hydrogens (tertiary/aromatic N) is 1. The summed E-state index contributed by atoms with van der Waals surface area (Å²) >= 11 is 0. The van der Waals surface area contributed by atoms with Gasteiger partial charge in [0.25, 0.3) is 0 Å². The minimum Gasteiger partial charge on any atom is -0.383 e. The molecule has 5 heteroatoms. The minimum absolute atomic E-state index is 0.0214. The Morgan fingerprint density at radius 3 is 2.90 bits per heavy atom. The highest BCUT2D eigenvalue weighted by Crippen LogP contribution is 2.22. The molecule has 0 radical (unpaired) electrons. The number of rotatable bonds is 5. The van der Waals surface area contributed by atoms with Gasteiger partial charge in [-0.05, 0) is 31.0 Å². The van der Waals surface area contributed by atoms with Crippen LogP contribution >= 0.6 is 0 Å². The van der Waals surface area contributed by atoms with Crippen LogP contribution in [0.15, 0.2) is 18.2 Å². The molecule has 1 aromatic rings. The van der Waals surface area contributed by atoms with Crippen molar-refractivity contribution in [2.75, 3.05) is 32.1 Å². The van der Waals surface area contributed by atoms with Gasteiger partial charge in [-0.15, -0.1) is 0 Å². The Hall–Kier alpha value is -1.88. The van der Waals surface area contributed by atoms with Gasteiger partial charge in [0, 0.05) is 32.3 Å². The maximum absolute atomic E-state index is 12.3. The smallest absolute Gasteiger partial charge is 0.229 e. The predicted octanol–water partition coefficient (Wildman–Crippen LogP) is 1.74. The number of carbonyl (C=O) groups is 2. The van der Waals surface area contributed by atoms with Gasteiger partial charge in [0.1, 0.15) is 0 Å². The number of carbonyl (C=O) groups excluding carboxylic acids is 2. The van der Waals surface area contributed by atoms with Gasteiger partial charge in [-0.2, -0.15) is 0 Å². The summed E-state index contributed by atoms with van der Waals surface area (Å²) in [4.78, 5) is 25.9. The fourth-order valence-corrected chi connectivity index (χ4v) is 2.47. The minimum atomic E-state index is -0.283. The molecule has 0 aromatic heterocycles. The van der Waals surface area contributed by atoms with Crippen LogP contribution in [0.4, 0.5) is 5.69 Å². The van der Waals surface area contributed by atoms with E-state index in [-0.39, 0.29) is 24.2 Å². The van der Waals surface area contributed by atoms with Gasteiger partial charge < -0.3 is 15.0 Å². The lowest BCUT2D eigenvalue weighted by molar-refractivity contribution is -0.128. The largest absolute Gasteiger partial charge is 0.383 e. The zero-order valence-electron chi connectivity index (χ0n) is 12.8. The quantitative estimate of drug-likeness (QED) is 0.898. The topological polar surface area (TPSA) is 58.6 Å². The van der Waals surface area contributed by atoms with Crippen LogP contribution < -0.4 is 5.32 Å². The molecule has 21 heavy (non-hydrogen) atoms. The molecule has 1 heterocycles. The highest BCUT2D eigenvalue weighted by atomic mass is 16.5. The molecule has 5 nitrogen and oxygen atoms in total. The SMILES string of the molecule is COCCN1C[C@H](C(=O)Nc2cc(C)ccc2C)CC1=O. The number of benzene rings is 1. The second-order valence-electron chi connectivity index (χ2n) is 5.54. The van der Waals surface area contributed by atoms with Crippen molar-refractivity contribution in [1.82, 2.24) is 4.90 Å². The summed E-state index contributed by atoms with van der Waals surface area (Å²) in [7, 11) is 1.60. The molecule has 1 aromatic carbocycles. The maximum Gasteiger partial charge on any atom is 0.229 e. The van der Waals surface area contributed by atoms with Gasteiger partial charge in [0.2, 0.25) is 11.8 Å². The van der Waals surface area contributed by atoms with Gasteiger partial charge in [0.15, 0.2) is 0 Å². The van der Waals surface area contributed by atoms with Crippen LogP contribution in [0.2, 0.25) is 0 Å². The third-order valence-electron chi connectivity index (χ3n) is 3.80. The maximum atomic E-state index is 12.3. The lowest BCUT2D eigenvalue weighted by Crippen LogP contribution is -2.30. The second-order valence-corrected chi connectivity index (χ2v) is 5.54. The standard InChI is InChI=1S/C16H22N2O3/c1-11-4-5-12(2)14(8-11)17-16(20)13-9-15(19)18(10-13)6-7-21-3/h4-5,8,13H,6-7,9-10H2,1-3H3,(H,17,20)/t13-/m1/s1. The Kier molecular flexibility index (Phi) is 4.96. The average Bonchev–Trinajstić information content (AvgIpc) is 2.82. The van der Waals surface area contributed by atoms with E-state index in [0.29, 0.717) is 19.7 Å². The van der Waals surface area contributed by atoms with Crippen LogP contribution in [-0.4, -0.2) is 43.5 Å². The number of aryl methyl sites for hydroxylation is 2. The summed E-state index contributed by atoms with van der Waals surface area (Å²) in [5.74, 6) is -0.348. The van der Waals surface area contributed by atoms with Crippen molar-refractivity contribution in [3.8, 4) is 0 Å². The zero-order chi connectivity index (χ0) is 15.4. The summed E-state index contributed by atoms with van der Waals surface area (Å²) < 4.78 is 4.98. The van der Waals surface area contributed by atoms with E-state index < -0.39 is 0 Å². The molecular weight excluding hydrogens is 268 g/mol. The van der Waals surface area contributed by atoms with Crippen LogP contribution in [0.5, 0.6) is 0 Å². The molecule has 0 unspecified atom stereocenters. The van der Waals surface area contributed by atoms with Crippen molar-refractivity contribution in [1.29, 1.82) is 0 Å². The summed E-state index contributed by atoms with van der Waals surface area (Å²) in [6.45, 7) is 5.46. The molecular formula is C16H22N2O3. The number of nitrogens with one attached hydrogen (secondary N) is 1. The summed E-state index contributed by atoms with van der Waals surface area (Å²) in [6, 6.07) is 5.94. The highest BCUT2D eigenvalue weighted by Gasteiger charge is 2.34. The van der Waals surface area contributed by atoms with Crippen LogP contribution in [0, 0.1) is 19.8 Å². The third-order valence-corrected chi connectivity index (χ3v) is 3.80. The lowest BCUT2D eigenvalue weighted by Gasteiger charge is -2.16. The van der Waals surface area contributed by atoms with E-state index in [4.69, 9.17) is 4.74 Å². The molecule has 0 bridgehead atoms. The first-order valence-corrected chi connectivity index (χ1v) is 7.16. The van der Waals surface area contributed by atoms with E-state index >= 15 is 0 Å². The summed E-state index contributed by atoms with van der Waals surface area (Å²) in [5.41, 5.74) is 2.94. The number of hydrogen-bond acceptors (Lipinski definition) is 3. The fourth-order valence-electron chi connectivity index (χ4n) is 2.47. The van der Waals surface area contributed by atoms with Crippen molar-refractivity contribution < 1.29 is 14.3 Å². The molecule has 2 rings (SSSR count). The Balaban J connectivity index is 1.98. The number of hydrogen-bond donors (Lipinski definition) is 1. The molecule has 0 spiro atoms. The number of amides is 2. The molecule has 1 saturated heterocycles. The van der Waals surface area contributed by atoms with Crippen molar-refractivity contribution in [3.63, 3.8) is 0 Å². The normalized spacial score (nSPS) is 18.1. The van der Waals surface area contributed by atoms with Gasteiger partial charge in [-0.3, -0.25) is 9.59 Å². The molecule has 1 N–H and O–H groups in total.